The number of para-hydroxylation sites is 1. The average molecular weight is 646 g/mol. The standard InChI is InChI=1S/C33H29F6N3O4/c1-42-25-11-3-2-7-22(25)28(33(37,38)39)27(29(42)44)21-10-5-8-19-17(6-4-9-20(19)21)12-24(30(45)46)41-26(43)13-23-18-14-31(23,15-18)40-16-32(34,35)36/h2-11,18,23-24,40H,12-16H2,1H3,(H,41,43)(H,45,46)/t18?,23?,24-,31?/m0/s1. The van der Waals surface area contributed by atoms with Gasteiger partial charge in [-0.3, -0.25) is 9.59 Å². The van der Waals surface area contributed by atoms with Crippen molar-refractivity contribution in [3.05, 3.63) is 82.1 Å². The van der Waals surface area contributed by atoms with Crippen LogP contribution < -0.4 is 16.2 Å². The number of carboxylic acid groups (broad SMARTS) is 1. The van der Waals surface area contributed by atoms with E-state index in [1.165, 1.54) is 37.4 Å². The Morgan fingerprint density at radius 2 is 1.61 bits per heavy atom. The average Bonchev–Trinajstić information content (AvgIpc) is 2.95. The van der Waals surface area contributed by atoms with Gasteiger partial charge in [-0.05, 0) is 52.6 Å². The molecule has 3 saturated carbocycles. The van der Waals surface area contributed by atoms with E-state index >= 15 is 0 Å². The summed E-state index contributed by atoms with van der Waals surface area (Å²) in [6.07, 6.45) is -8.58. The van der Waals surface area contributed by atoms with Crippen molar-refractivity contribution in [2.75, 3.05) is 6.54 Å². The van der Waals surface area contributed by atoms with Crippen LogP contribution in [0.25, 0.3) is 32.8 Å². The lowest BCUT2D eigenvalue weighted by atomic mass is 9.41. The number of benzene rings is 3. The maximum Gasteiger partial charge on any atom is 0.417 e. The Kier molecular flexibility index (Phi) is 7.65. The molecule has 3 fully saturated rings. The molecule has 7 rings (SSSR count). The summed E-state index contributed by atoms with van der Waals surface area (Å²) in [7, 11) is 1.40. The van der Waals surface area contributed by atoms with E-state index < -0.39 is 59.0 Å². The second-order valence-corrected chi connectivity index (χ2v) is 12.2. The number of carbonyl (C=O) groups excluding carboxylic acids is 1. The fraction of sp³-hybridized carbons (Fsp3) is 0.364. The molecule has 1 aromatic heterocycles. The van der Waals surface area contributed by atoms with Crippen LogP contribution in [0, 0.1) is 11.8 Å². The molecule has 13 heteroatoms. The summed E-state index contributed by atoms with van der Waals surface area (Å²) >= 11 is 0. The van der Waals surface area contributed by atoms with Crippen molar-refractivity contribution in [1.29, 1.82) is 0 Å². The highest BCUT2D eigenvalue weighted by Gasteiger charge is 2.65. The molecular formula is C33H29F6N3O4. The minimum Gasteiger partial charge on any atom is -0.480 e. The van der Waals surface area contributed by atoms with Gasteiger partial charge >= 0.3 is 18.3 Å². The minimum absolute atomic E-state index is 0.0230. The molecule has 7 nitrogen and oxygen atoms in total. The monoisotopic (exact) mass is 645 g/mol. The van der Waals surface area contributed by atoms with E-state index in [0.29, 0.717) is 29.2 Å². The number of nitrogens with zero attached hydrogens (tertiary/aromatic N) is 1. The number of halogens is 6. The highest BCUT2D eigenvalue weighted by Crippen LogP contribution is 2.63. The highest BCUT2D eigenvalue weighted by molar-refractivity contribution is 6.02. The maximum absolute atomic E-state index is 14.6. The van der Waals surface area contributed by atoms with Gasteiger partial charge in [0.05, 0.1) is 23.2 Å². The summed E-state index contributed by atoms with van der Waals surface area (Å²) in [5.41, 5.74) is -2.69. The van der Waals surface area contributed by atoms with Crippen LogP contribution in [0.15, 0.2) is 65.5 Å². The predicted molar refractivity (Wildman–Crippen MR) is 158 cm³/mol. The van der Waals surface area contributed by atoms with E-state index in [-0.39, 0.29) is 41.1 Å². The first-order valence-electron chi connectivity index (χ1n) is 14.6. The number of aromatic nitrogens is 1. The van der Waals surface area contributed by atoms with E-state index in [9.17, 15) is 45.8 Å². The Balaban J connectivity index is 1.31. The number of fused-ring (bicyclic) bond motifs is 2. The van der Waals surface area contributed by atoms with Crippen LogP contribution in [0.3, 0.4) is 0 Å². The topological polar surface area (TPSA) is 100 Å². The number of nitrogens with one attached hydrogen (secondary N) is 2. The largest absolute Gasteiger partial charge is 0.480 e. The van der Waals surface area contributed by atoms with Crippen molar-refractivity contribution in [2.24, 2.45) is 18.9 Å². The molecule has 3 N–H and O–H groups in total. The van der Waals surface area contributed by atoms with Crippen LogP contribution in [-0.4, -0.2) is 45.9 Å². The molecule has 0 saturated heterocycles. The molecule has 1 heterocycles. The van der Waals surface area contributed by atoms with Gasteiger partial charge in [0, 0.05) is 30.8 Å². The summed E-state index contributed by atoms with van der Waals surface area (Å²) in [6, 6.07) is 13.5. The second-order valence-electron chi connectivity index (χ2n) is 12.2. The van der Waals surface area contributed by atoms with Crippen LogP contribution >= 0.6 is 0 Å². The Hall–Kier alpha value is -4.39. The van der Waals surface area contributed by atoms with Gasteiger partial charge in [0.2, 0.25) is 5.91 Å². The third-order valence-electron chi connectivity index (χ3n) is 9.50. The summed E-state index contributed by atoms with van der Waals surface area (Å²) in [5.74, 6) is -2.21. The van der Waals surface area contributed by atoms with E-state index in [2.05, 4.69) is 10.6 Å². The van der Waals surface area contributed by atoms with Gasteiger partial charge in [-0.2, -0.15) is 26.3 Å². The van der Waals surface area contributed by atoms with Crippen LogP contribution in [0.2, 0.25) is 0 Å². The van der Waals surface area contributed by atoms with Gasteiger partial charge in [0.25, 0.3) is 5.56 Å². The van der Waals surface area contributed by atoms with Crippen molar-refractivity contribution in [3.8, 4) is 11.1 Å². The normalized spacial score (nSPS) is 21.5. The number of aryl methyl sites for hydroxylation is 1. The molecule has 3 aromatic carbocycles. The molecule has 1 amide bonds. The summed E-state index contributed by atoms with van der Waals surface area (Å²) < 4.78 is 83.2. The van der Waals surface area contributed by atoms with Gasteiger partial charge in [-0.15, -0.1) is 0 Å². The van der Waals surface area contributed by atoms with Crippen molar-refractivity contribution in [1.82, 2.24) is 15.2 Å². The van der Waals surface area contributed by atoms with Gasteiger partial charge in [0.15, 0.2) is 0 Å². The van der Waals surface area contributed by atoms with E-state index in [4.69, 9.17) is 0 Å². The third kappa shape index (κ3) is 5.50. The quantitative estimate of drug-likeness (QED) is 0.200. The second kappa shape index (κ2) is 11.1. The Morgan fingerprint density at radius 1 is 0.957 bits per heavy atom. The zero-order valence-corrected chi connectivity index (χ0v) is 24.4. The van der Waals surface area contributed by atoms with Crippen molar-refractivity contribution in [2.45, 2.75) is 49.6 Å². The SMILES string of the molecule is Cn1c(=O)c(-c2cccc3c(C[C@H](NC(=O)CC4C5CC4(NCC(F)(F)F)C5)C(=O)O)cccc23)c(C(F)(F)F)c2ccccc21. The van der Waals surface area contributed by atoms with Gasteiger partial charge < -0.3 is 20.3 Å². The molecule has 0 aliphatic heterocycles. The molecule has 1 unspecified atom stereocenters. The molecule has 2 atom stereocenters. The number of hydrogen-bond donors (Lipinski definition) is 3. The minimum atomic E-state index is -4.87. The Labute approximate surface area is 258 Å². The molecule has 2 bridgehead atoms. The molecule has 3 aliphatic rings. The summed E-state index contributed by atoms with van der Waals surface area (Å²) in [6.45, 7) is -1.17. The van der Waals surface area contributed by atoms with E-state index in [1.54, 1.807) is 30.3 Å². The van der Waals surface area contributed by atoms with E-state index in [1.807, 2.05) is 0 Å². The first kappa shape index (κ1) is 31.6. The molecule has 242 valence electrons. The lowest BCUT2D eigenvalue weighted by Crippen LogP contribution is -2.75. The zero-order valence-electron chi connectivity index (χ0n) is 24.4. The number of carboxylic acids is 1. The smallest absolute Gasteiger partial charge is 0.417 e. The fourth-order valence-electron chi connectivity index (χ4n) is 7.19. The fourth-order valence-corrected chi connectivity index (χ4v) is 7.19. The number of alkyl halides is 6. The molecule has 4 aromatic rings. The number of aliphatic carboxylic acids is 1. The first-order chi connectivity index (χ1) is 21.6. The lowest BCUT2D eigenvalue weighted by Gasteiger charge is -2.69. The van der Waals surface area contributed by atoms with Crippen molar-refractivity contribution >= 4 is 33.6 Å². The van der Waals surface area contributed by atoms with Crippen LogP contribution in [-0.2, 0) is 29.2 Å². The van der Waals surface area contributed by atoms with Gasteiger partial charge in [-0.25, -0.2) is 4.79 Å². The Bertz CT molecular complexity index is 1930. The Morgan fingerprint density at radius 3 is 2.24 bits per heavy atom. The number of amides is 1. The van der Waals surface area contributed by atoms with Crippen LogP contribution in [0.5, 0.6) is 0 Å². The third-order valence-corrected chi connectivity index (χ3v) is 9.50. The molecular weight excluding hydrogens is 616 g/mol. The molecule has 46 heavy (non-hydrogen) atoms. The van der Waals surface area contributed by atoms with Crippen molar-refractivity contribution in [3.63, 3.8) is 0 Å². The number of hydrogen-bond acceptors (Lipinski definition) is 4. The number of rotatable bonds is 9. The number of pyridine rings is 1. The summed E-state index contributed by atoms with van der Waals surface area (Å²) in [5, 5.41) is 15.5. The van der Waals surface area contributed by atoms with Gasteiger partial charge in [-0.1, -0.05) is 54.6 Å². The maximum atomic E-state index is 14.6. The highest BCUT2D eigenvalue weighted by atomic mass is 19.4. The van der Waals surface area contributed by atoms with E-state index in [0.717, 1.165) is 4.57 Å². The molecule has 0 spiro atoms. The zero-order chi connectivity index (χ0) is 33.2. The van der Waals surface area contributed by atoms with Crippen LogP contribution in [0.1, 0.15) is 30.4 Å². The van der Waals surface area contributed by atoms with Gasteiger partial charge in [0.1, 0.15) is 6.04 Å². The number of carbonyl (C=O) groups is 2. The molecule has 0 radical (unpaired) electrons. The van der Waals surface area contributed by atoms with Crippen LogP contribution in [0.4, 0.5) is 26.3 Å². The first-order valence-corrected chi connectivity index (χ1v) is 14.6. The summed E-state index contributed by atoms with van der Waals surface area (Å²) in [4.78, 5) is 38.6. The lowest BCUT2D eigenvalue weighted by molar-refractivity contribution is -0.179. The van der Waals surface area contributed by atoms with Crippen molar-refractivity contribution < 1.29 is 41.0 Å². The predicted octanol–water partition coefficient (Wildman–Crippen LogP) is 5.81. The molecule has 3 aliphatic carbocycles.